The fraction of sp³-hybridized carbons (Fsp3) is 0.391. The summed E-state index contributed by atoms with van der Waals surface area (Å²) in [6.07, 6.45) is 2.50. The van der Waals surface area contributed by atoms with Crippen molar-refractivity contribution in [3.05, 3.63) is 70.8 Å². The molecule has 1 unspecified atom stereocenters. The number of carbonyl (C=O) groups is 2. The van der Waals surface area contributed by atoms with Crippen LogP contribution in [0.5, 0.6) is 0 Å². The molecule has 0 saturated heterocycles. The van der Waals surface area contributed by atoms with Gasteiger partial charge in [0, 0.05) is 12.6 Å². The third kappa shape index (κ3) is 7.65. The molecule has 27 heavy (non-hydrogen) atoms. The molecule has 2 amide bonds. The summed E-state index contributed by atoms with van der Waals surface area (Å²) in [6.45, 7) is 6.57. The van der Waals surface area contributed by atoms with E-state index in [0.717, 1.165) is 35.1 Å². The first-order valence-corrected chi connectivity index (χ1v) is 9.63. The second-order valence-corrected chi connectivity index (χ2v) is 7.19. The van der Waals surface area contributed by atoms with Crippen molar-refractivity contribution < 1.29 is 9.59 Å². The van der Waals surface area contributed by atoms with Crippen LogP contribution < -0.4 is 10.6 Å². The maximum Gasteiger partial charge on any atom is 0.224 e. The van der Waals surface area contributed by atoms with Gasteiger partial charge in [-0.2, -0.15) is 0 Å². The van der Waals surface area contributed by atoms with E-state index in [0.29, 0.717) is 19.4 Å². The Balaban J connectivity index is 1.83. The molecule has 0 aromatic heterocycles. The van der Waals surface area contributed by atoms with Gasteiger partial charge >= 0.3 is 0 Å². The minimum Gasteiger partial charge on any atom is -0.354 e. The summed E-state index contributed by atoms with van der Waals surface area (Å²) in [7, 11) is 0. The molecule has 0 aliphatic carbocycles. The van der Waals surface area contributed by atoms with E-state index in [9.17, 15) is 9.59 Å². The van der Waals surface area contributed by atoms with Gasteiger partial charge in [-0.3, -0.25) is 9.59 Å². The number of benzene rings is 2. The molecule has 0 heterocycles. The van der Waals surface area contributed by atoms with Gasteiger partial charge in [-0.1, -0.05) is 73.0 Å². The monoisotopic (exact) mass is 366 g/mol. The van der Waals surface area contributed by atoms with E-state index in [2.05, 4.69) is 17.6 Å². The average molecular weight is 367 g/mol. The Hall–Kier alpha value is -2.62. The molecule has 0 aliphatic rings. The lowest BCUT2D eigenvalue weighted by atomic mass is 10.1. The van der Waals surface area contributed by atoms with Crippen molar-refractivity contribution in [1.29, 1.82) is 0 Å². The second kappa shape index (κ2) is 10.5. The summed E-state index contributed by atoms with van der Waals surface area (Å²) in [5.74, 6) is -0.0263. The predicted octanol–water partition coefficient (Wildman–Crippen LogP) is 3.49. The Morgan fingerprint density at radius 1 is 0.889 bits per heavy atom. The van der Waals surface area contributed by atoms with Crippen LogP contribution in [0.15, 0.2) is 48.5 Å². The number of amides is 2. The summed E-state index contributed by atoms with van der Waals surface area (Å²) in [5.41, 5.74) is 4.30. The molecule has 2 aromatic rings. The van der Waals surface area contributed by atoms with Gasteiger partial charge in [-0.25, -0.2) is 0 Å². The first kappa shape index (κ1) is 20.7. The Morgan fingerprint density at radius 3 is 1.96 bits per heavy atom. The SMILES string of the molecule is CCCC(CNC(=O)Cc1cccc(C)c1)NC(=O)Cc1cccc(C)c1. The zero-order valence-corrected chi connectivity index (χ0v) is 16.5. The van der Waals surface area contributed by atoms with E-state index in [1.54, 1.807) is 0 Å². The highest BCUT2D eigenvalue weighted by Crippen LogP contribution is 2.06. The first-order valence-electron chi connectivity index (χ1n) is 9.63. The van der Waals surface area contributed by atoms with Gasteiger partial charge in [0.15, 0.2) is 0 Å². The van der Waals surface area contributed by atoms with Gasteiger partial charge < -0.3 is 10.6 Å². The lowest BCUT2D eigenvalue weighted by molar-refractivity contribution is -0.123. The summed E-state index contributed by atoms with van der Waals surface area (Å²) >= 11 is 0. The van der Waals surface area contributed by atoms with Gasteiger partial charge in [0.2, 0.25) is 11.8 Å². The van der Waals surface area contributed by atoms with E-state index in [1.165, 1.54) is 0 Å². The highest BCUT2D eigenvalue weighted by atomic mass is 16.2. The van der Waals surface area contributed by atoms with E-state index in [-0.39, 0.29) is 17.9 Å². The molecule has 0 fully saturated rings. The molecule has 4 heteroatoms. The molecular formula is C23H30N2O2. The summed E-state index contributed by atoms with van der Waals surface area (Å²) in [4.78, 5) is 24.6. The van der Waals surface area contributed by atoms with E-state index in [1.807, 2.05) is 62.4 Å². The first-order chi connectivity index (χ1) is 13.0. The van der Waals surface area contributed by atoms with Crippen molar-refractivity contribution >= 4 is 11.8 Å². The average Bonchev–Trinajstić information content (AvgIpc) is 2.60. The zero-order chi connectivity index (χ0) is 19.6. The number of carbonyl (C=O) groups excluding carboxylic acids is 2. The molecule has 0 bridgehead atoms. The molecular weight excluding hydrogens is 336 g/mol. The Morgan fingerprint density at radius 2 is 1.44 bits per heavy atom. The van der Waals surface area contributed by atoms with Crippen molar-refractivity contribution in [2.75, 3.05) is 6.54 Å². The lowest BCUT2D eigenvalue weighted by Crippen LogP contribution is -2.44. The van der Waals surface area contributed by atoms with Crippen LogP contribution in [-0.2, 0) is 22.4 Å². The largest absolute Gasteiger partial charge is 0.354 e. The predicted molar refractivity (Wildman–Crippen MR) is 110 cm³/mol. The highest BCUT2D eigenvalue weighted by molar-refractivity contribution is 5.80. The fourth-order valence-corrected chi connectivity index (χ4v) is 3.17. The van der Waals surface area contributed by atoms with E-state index < -0.39 is 0 Å². The normalized spacial score (nSPS) is 11.7. The third-order valence-corrected chi connectivity index (χ3v) is 4.44. The highest BCUT2D eigenvalue weighted by Gasteiger charge is 2.14. The zero-order valence-electron chi connectivity index (χ0n) is 16.5. The number of nitrogens with one attached hydrogen (secondary N) is 2. The number of hydrogen-bond donors (Lipinski definition) is 2. The Bertz CT molecular complexity index is 770. The van der Waals surface area contributed by atoms with Gasteiger partial charge in [-0.15, -0.1) is 0 Å². The van der Waals surface area contributed by atoms with Gasteiger partial charge in [0.1, 0.15) is 0 Å². The van der Waals surface area contributed by atoms with Crippen LogP contribution in [-0.4, -0.2) is 24.4 Å². The second-order valence-electron chi connectivity index (χ2n) is 7.19. The van der Waals surface area contributed by atoms with Crippen LogP contribution in [0.25, 0.3) is 0 Å². The van der Waals surface area contributed by atoms with Gasteiger partial charge in [0.05, 0.1) is 12.8 Å². The quantitative estimate of drug-likeness (QED) is 0.714. The van der Waals surface area contributed by atoms with Crippen LogP contribution in [0.2, 0.25) is 0 Å². The summed E-state index contributed by atoms with van der Waals surface area (Å²) in [5, 5.41) is 6.02. The van der Waals surface area contributed by atoms with Crippen LogP contribution in [0.1, 0.15) is 42.0 Å². The molecule has 1 atom stereocenters. The van der Waals surface area contributed by atoms with Crippen LogP contribution >= 0.6 is 0 Å². The minimum atomic E-state index is -0.0474. The topological polar surface area (TPSA) is 58.2 Å². The van der Waals surface area contributed by atoms with E-state index in [4.69, 9.17) is 0 Å². The fourth-order valence-electron chi connectivity index (χ4n) is 3.17. The molecule has 0 spiro atoms. The summed E-state index contributed by atoms with van der Waals surface area (Å²) in [6, 6.07) is 15.9. The number of rotatable bonds is 9. The van der Waals surface area contributed by atoms with Crippen LogP contribution in [0.3, 0.4) is 0 Å². The number of aryl methyl sites for hydroxylation is 2. The minimum absolute atomic E-state index is 0.00742. The number of hydrogen-bond acceptors (Lipinski definition) is 2. The van der Waals surface area contributed by atoms with Crippen LogP contribution in [0, 0.1) is 13.8 Å². The molecule has 4 nitrogen and oxygen atoms in total. The Kier molecular flexibility index (Phi) is 8.05. The Labute approximate surface area is 162 Å². The molecule has 2 aromatic carbocycles. The lowest BCUT2D eigenvalue weighted by Gasteiger charge is -2.19. The molecule has 0 saturated carbocycles. The van der Waals surface area contributed by atoms with Crippen molar-refractivity contribution in [3.63, 3.8) is 0 Å². The van der Waals surface area contributed by atoms with Gasteiger partial charge in [0.25, 0.3) is 0 Å². The molecule has 2 rings (SSSR count). The standard InChI is InChI=1S/C23H30N2O2/c1-4-7-21(25-23(27)15-20-11-6-9-18(3)13-20)16-24-22(26)14-19-10-5-8-17(2)12-19/h5-6,8-13,21H,4,7,14-16H2,1-3H3,(H,24,26)(H,25,27). The van der Waals surface area contributed by atoms with Crippen molar-refractivity contribution in [3.8, 4) is 0 Å². The maximum atomic E-state index is 12.4. The van der Waals surface area contributed by atoms with E-state index >= 15 is 0 Å². The maximum absolute atomic E-state index is 12.4. The smallest absolute Gasteiger partial charge is 0.224 e. The molecule has 2 N–H and O–H groups in total. The van der Waals surface area contributed by atoms with Crippen molar-refractivity contribution in [2.24, 2.45) is 0 Å². The summed E-state index contributed by atoms with van der Waals surface area (Å²) < 4.78 is 0. The molecule has 0 aliphatic heterocycles. The molecule has 144 valence electrons. The molecule has 0 radical (unpaired) electrons. The van der Waals surface area contributed by atoms with Crippen molar-refractivity contribution in [1.82, 2.24) is 10.6 Å². The van der Waals surface area contributed by atoms with Gasteiger partial charge in [-0.05, 0) is 31.4 Å². The van der Waals surface area contributed by atoms with Crippen molar-refractivity contribution in [2.45, 2.75) is 52.5 Å². The third-order valence-electron chi connectivity index (χ3n) is 4.44. The van der Waals surface area contributed by atoms with Crippen LogP contribution in [0.4, 0.5) is 0 Å².